The van der Waals surface area contributed by atoms with Crippen molar-refractivity contribution in [2.24, 2.45) is 7.05 Å². The Labute approximate surface area is 116 Å². The van der Waals surface area contributed by atoms with Gasteiger partial charge < -0.3 is 5.32 Å². The molecule has 0 atom stereocenters. The molecule has 0 saturated carbocycles. The number of hydrogen-bond donors (Lipinski definition) is 1. The smallest absolute Gasteiger partial charge is 0.212 e. The Balaban J connectivity index is 2.01. The van der Waals surface area contributed by atoms with Crippen molar-refractivity contribution in [2.75, 3.05) is 11.9 Å². The van der Waals surface area contributed by atoms with E-state index in [9.17, 15) is 4.79 Å². The summed E-state index contributed by atoms with van der Waals surface area (Å²) >= 11 is 6.02. The van der Waals surface area contributed by atoms with Crippen LogP contribution in [-0.4, -0.2) is 22.1 Å². The quantitative estimate of drug-likeness (QED) is 0.857. The average molecular weight is 276 g/mol. The number of nitrogens with one attached hydrogen (secondary N) is 1. The van der Waals surface area contributed by atoms with Crippen LogP contribution in [0.15, 0.2) is 24.4 Å². The van der Waals surface area contributed by atoms with Crippen LogP contribution in [-0.2, 0) is 13.5 Å². The van der Waals surface area contributed by atoms with Crippen molar-refractivity contribution < 1.29 is 4.79 Å². The Morgan fingerprint density at radius 2 is 2.32 bits per heavy atom. The van der Waals surface area contributed by atoms with Gasteiger partial charge in [0.05, 0.1) is 11.2 Å². The van der Waals surface area contributed by atoms with E-state index in [1.165, 1.54) is 16.4 Å². The molecule has 0 amide bonds. The van der Waals surface area contributed by atoms with Gasteiger partial charge in [-0.1, -0.05) is 11.6 Å². The van der Waals surface area contributed by atoms with Crippen LogP contribution in [0.1, 0.15) is 28.0 Å². The molecule has 1 aromatic heterocycles. The molecule has 2 heterocycles. The van der Waals surface area contributed by atoms with Crippen LogP contribution in [0, 0.1) is 0 Å². The number of hydrogen-bond acceptors (Lipinski definition) is 3. The van der Waals surface area contributed by atoms with Gasteiger partial charge in [-0.2, -0.15) is 5.10 Å². The Hall–Kier alpha value is -1.81. The van der Waals surface area contributed by atoms with E-state index in [2.05, 4.69) is 10.4 Å². The number of rotatable bonds is 2. The molecule has 19 heavy (non-hydrogen) atoms. The second-order valence-corrected chi connectivity index (χ2v) is 5.10. The molecule has 1 N–H and O–H groups in total. The molecule has 4 nitrogen and oxygen atoms in total. The molecule has 1 aliphatic heterocycles. The normalized spacial score (nSPS) is 13.8. The molecule has 0 unspecified atom stereocenters. The largest absolute Gasteiger partial charge is 0.385 e. The van der Waals surface area contributed by atoms with Crippen molar-refractivity contribution in [1.82, 2.24) is 9.78 Å². The highest BCUT2D eigenvalue weighted by Gasteiger charge is 2.19. The number of ketones is 1. The second-order valence-electron chi connectivity index (χ2n) is 4.70. The number of fused-ring (bicyclic) bond motifs is 1. The van der Waals surface area contributed by atoms with Gasteiger partial charge in [0.2, 0.25) is 5.78 Å². The van der Waals surface area contributed by atoms with Gasteiger partial charge in [0, 0.05) is 24.8 Å². The molecule has 0 bridgehead atoms. The van der Waals surface area contributed by atoms with E-state index in [0.29, 0.717) is 16.3 Å². The molecule has 0 saturated heterocycles. The average Bonchev–Trinajstić information content (AvgIpc) is 2.77. The Kier molecular flexibility index (Phi) is 3.03. The third kappa shape index (κ3) is 2.12. The van der Waals surface area contributed by atoms with Crippen molar-refractivity contribution in [2.45, 2.75) is 12.8 Å². The van der Waals surface area contributed by atoms with Crippen LogP contribution >= 0.6 is 11.6 Å². The lowest BCUT2D eigenvalue weighted by Gasteiger charge is -2.18. The van der Waals surface area contributed by atoms with Crippen LogP contribution < -0.4 is 5.32 Å². The zero-order chi connectivity index (χ0) is 13.4. The number of aryl methyl sites for hydroxylation is 2. The molecule has 0 spiro atoms. The van der Waals surface area contributed by atoms with Gasteiger partial charge in [-0.05, 0) is 36.6 Å². The van der Waals surface area contributed by atoms with Gasteiger partial charge in [-0.25, -0.2) is 0 Å². The highest BCUT2D eigenvalue weighted by molar-refractivity contribution is 6.34. The highest BCUT2D eigenvalue weighted by Crippen LogP contribution is 2.25. The minimum atomic E-state index is -0.0848. The van der Waals surface area contributed by atoms with Crippen LogP contribution in [0.5, 0.6) is 0 Å². The van der Waals surface area contributed by atoms with Gasteiger partial charge in [0.15, 0.2) is 0 Å². The lowest BCUT2D eigenvalue weighted by molar-refractivity contribution is 0.103. The molecular weight excluding hydrogens is 262 g/mol. The summed E-state index contributed by atoms with van der Waals surface area (Å²) in [6.45, 7) is 0.994. The summed E-state index contributed by atoms with van der Waals surface area (Å²) in [6, 6.07) is 5.75. The van der Waals surface area contributed by atoms with E-state index in [1.807, 2.05) is 18.2 Å². The number of aromatic nitrogens is 2. The highest BCUT2D eigenvalue weighted by atomic mass is 35.5. The predicted octanol–water partition coefficient (Wildman–Crippen LogP) is 2.66. The summed E-state index contributed by atoms with van der Waals surface area (Å²) in [6.07, 6.45) is 3.59. The third-order valence-corrected chi connectivity index (χ3v) is 3.69. The lowest BCUT2D eigenvalue weighted by Crippen LogP contribution is -2.14. The maximum atomic E-state index is 12.5. The minimum absolute atomic E-state index is 0.0848. The number of anilines is 1. The molecule has 3 rings (SSSR count). The topological polar surface area (TPSA) is 46.9 Å². The van der Waals surface area contributed by atoms with E-state index < -0.39 is 0 Å². The van der Waals surface area contributed by atoms with Crippen molar-refractivity contribution >= 4 is 23.1 Å². The fourth-order valence-corrected chi connectivity index (χ4v) is 2.67. The van der Waals surface area contributed by atoms with E-state index in [-0.39, 0.29) is 5.78 Å². The molecule has 0 aliphatic carbocycles. The molecule has 1 aliphatic rings. The van der Waals surface area contributed by atoms with Gasteiger partial charge in [0.25, 0.3) is 0 Å². The summed E-state index contributed by atoms with van der Waals surface area (Å²) in [7, 11) is 1.72. The summed E-state index contributed by atoms with van der Waals surface area (Å²) in [5.74, 6) is -0.0848. The van der Waals surface area contributed by atoms with Crippen LogP contribution in [0.2, 0.25) is 5.02 Å². The van der Waals surface area contributed by atoms with Gasteiger partial charge in [-0.3, -0.25) is 9.48 Å². The van der Waals surface area contributed by atoms with Gasteiger partial charge in [0.1, 0.15) is 5.69 Å². The molecule has 0 radical (unpaired) electrons. The Morgan fingerprint density at radius 3 is 3.05 bits per heavy atom. The Bertz CT molecular complexity index is 629. The van der Waals surface area contributed by atoms with Crippen molar-refractivity contribution in [1.29, 1.82) is 0 Å². The number of carbonyl (C=O) groups is 1. The summed E-state index contributed by atoms with van der Waals surface area (Å²) in [5.41, 5.74) is 3.41. The SMILES string of the molecule is Cn1ncc(Cl)c1C(=O)c1ccc2c(c1)CCCN2. The Morgan fingerprint density at radius 1 is 1.47 bits per heavy atom. The maximum absolute atomic E-state index is 12.5. The van der Waals surface area contributed by atoms with Crippen LogP contribution in [0.4, 0.5) is 5.69 Å². The van der Waals surface area contributed by atoms with E-state index in [1.54, 1.807) is 7.05 Å². The molecule has 1 aromatic carbocycles. The monoisotopic (exact) mass is 275 g/mol. The molecule has 2 aromatic rings. The summed E-state index contributed by atoms with van der Waals surface area (Å²) in [4.78, 5) is 12.5. The second kappa shape index (κ2) is 4.70. The first kappa shape index (κ1) is 12.2. The number of carbonyl (C=O) groups excluding carboxylic acids is 1. The first-order valence-corrected chi connectivity index (χ1v) is 6.63. The van der Waals surface area contributed by atoms with E-state index >= 15 is 0 Å². The van der Waals surface area contributed by atoms with Gasteiger partial charge in [-0.15, -0.1) is 0 Å². The first-order chi connectivity index (χ1) is 9.16. The molecule has 98 valence electrons. The number of benzene rings is 1. The van der Waals surface area contributed by atoms with Crippen LogP contribution in [0.3, 0.4) is 0 Å². The lowest BCUT2D eigenvalue weighted by atomic mass is 9.98. The molecule has 0 fully saturated rings. The zero-order valence-corrected chi connectivity index (χ0v) is 11.4. The molecular formula is C14H14ClN3O. The number of nitrogens with zero attached hydrogens (tertiary/aromatic N) is 2. The number of halogens is 1. The maximum Gasteiger partial charge on any atom is 0.212 e. The predicted molar refractivity (Wildman–Crippen MR) is 74.9 cm³/mol. The fraction of sp³-hybridized carbons (Fsp3) is 0.286. The van der Waals surface area contributed by atoms with Crippen LogP contribution in [0.25, 0.3) is 0 Å². The standard InChI is InChI=1S/C14H14ClN3O/c1-18-13(11(15)8-17-18)14(19)10-4-5-12-9(7-10)3-2-6-16-12/h4-5,7-8,16H,2-3,6H2,1H3. The van der Waals surface area contributed by atoms with Crippen molar-refractivity contribution in [3.8, 4) is 0 Å². The zero-order valence-electron chi connectivity index (χ0n) is 10.6. The first-order valence-electron chi connectivity index (χ1n) is 6.26. The fourth-order valence-electron chi connectivity index (χ4n) is 2.42. The van der Waals surface area contributed by atoms with Crippen molar-refractivity contribution in [3.05, 3.63) is 46.2 Å². The molecule has 5 heteroatoms. The van der Waals surface area contributed by atoms with Crippen molar-refractivity contribution in [3.63, 3.8) is 0 Å². The van der Waals surface area contributed by atoms with E-state index in [0.717, 1.165) is 25.1 Å². The minimum Gasteiger partial charge on any atom is -0.385 e. The van der Waals surface area contributed by atoms with E-state index in [4.69, 9.17) is 11.6 Å². The third-order valence-electron chi connectivity index (χ3n) is 3.41. The summed E-state index contributed by atoms with van der Waals surface area (Å²) < 4.78 is 1.52. The summed E-state index contributed by atoms with van der Waals surface area (Å²) in [5, 5.41) is 7.73. The van der Waals surface area contributed by atoms with Gasteiger partial charge >= 0.3 is 0 Å².